The van der Waals surface area contributed by atoms with Gasteiger partial charge in [-0.15, -0.1) is 11.3 Å². The highest BCUT2D eigenvalue weighted by Gasteiger charge is 2.41. The molecule has 0 saturated carbocycles. The summed E-state index contributed by atoms with van der Waals surface area (Å²) in [6.45, 7) is 0. The molecule has 0 saturated heterocycles. The highest BCUT2D eigenvalue weighted by Crippen LogP contribution is 2.41. The third kappa shape index (κ3) is 6.83. The normalized spacial score (nSPS) is 11.8. The smallest absolute Gasteiger partial charge is 0.179 e. The molecular formula is C63H42N4SSi. The Morgan fingerprint density at radius 2 is 0.783 bits per heavy atom. The number of nitrogens with zero attached hydrogens (tertiary/aromatic N) is 4. The molecule has 0 radical (unpaired) electrons. The summed E-state index contributed by atoms with van der Waals surface area (Å²) in [6.07, 6.45) is 0. The molecule has 10 aromatic carbocycles. The summed E-state index contributed by atoms with van der Waals surface area (Å²) in [5.74, 6) is 1.83. The van der Waals surface area contributed by atoms with Crippen molar-refractivity contribution in [2.75, 3.05) is 0 Å². The molecule has 0 atom stereocenters. The van der Waals surface area contributed by atoms with E-state index in [0.29, 0.717) is 17.5 Å². The largest absolute Gasteiger partial charge is 0.309 e. The molecule has 13 aromatic rings. The number of benzene rings is 10. The fraction of sp³-hybridized carbons (Fsp3) is 0. The molecule has 0 unspecified atom stereocenters. The number of fused-ring (bicyclic) bond motifs is 6. The van der Waals surface area contributed by atoms with Crippen LogP contribution < -0.4 is 20.7 Å². The topological polar surface area (TPSA) is 43.6 Å². The van der Waals surface area contributed by atoms with Gasteiger partial charge in [-0.2, -0.15) is 0 Å². The van der Waals surface area contributed by atoms with Gasteiger partial charge in [0.25, 0.3) is 0 Å². The van der Waals surface area contributed by atoms with Crippen LogP contribution in [-0.4, -0.2) is 27.6 Å². The summed E-state index contributed by atoms with van der Waals surface area (Å²) in [7, 11) is -2.86. The van der Waals surface area contributed by atoms with E-state index in [9.17, 15) is 0 Å². The van der Waals surface area contributed by atoms with Crippen LogP contribution in [0.25, 0.3) is 93.0 Å². The highest BCUT2D eigenvalue weighted by molar-refractivity contribution is 7.26. The van der Waals surface area contributed by atoms with E-state index < -0.39 is 8.07 Å². The molecule has 0 aliphatic heterocycles. The van der Waals surface area contributed by atoms with Crippen LogP contribution in [0.4, 0.5) is 0 Å². The summed E-state index contributed by atoms with van der Waals surface area (Å²) in [5.41, 5.74) is 8.38. The van der Waals surface area contributed by atoms with Gasteiger partial charge < -0.3 is 4.57 Å². The third-order valence-electron chi connectivity index (χ3n) is 13.6. The predicted octanol–water partition coefficient (Wildman–Crippen LogP) is 13.4. The number of para-hydroxylation sites is 3. The van der Waals surface area contributed by atoms with Gasteiger partial charge in [-0.1, -0.05) is 218 Å². The molecule has 0 fully saturated rings. The Morgan fingerprint density at radius 3 is 1.43 bits per heavy atom. The number of hydrogen-bond acceptors (Lipinski definition) is 4. The van der Waals surface area contributed by atoms with Crippen LogP contribution in [0.3, 0.4) is 0 Å². The van der Waals surface area contributed by atoms with Gasteiger partial charge in [0.05, 0.1) is 16.7 Å². The molecule has 324 valence electrons. The fourth-order valence-corrected chi connectivity index (χ4v) is 16.5. The molecule has 0 spiro atoms. The maximum Gasteiger partial charge on any atom is 0.179 e. The van der Waals surface area contributed by atoms with E-state index in [1.54, 1.807) is 0 Å². The first kappa shape index (κ1) is 40.7. The van der Waals surface area contributed by atoms with E-state index in [2.05, 4.69) is 259 Å². The van der Waals surface area contributed by atoms with Crippen molar-refractivity contribution in [1.29, 1.82) is 0 Å². The van der Waals surface area contributed by atoms with E-state index in [4.69, 9.17) is 15.0 Å². The molecule has 0 amide bonds. The first-order chi connectivity index (χ1) is 34.2. The average molecular weight is 915 g/mol. The standard InChI is InChI=1S/C63H42N4SSi/c1-4-21-46(22-5-1)69(47-23-6-2-7-24-47,48-25-8-3-9-26-48)49-27-18-20-45(42-49)62-64-61(44-40-38-43(39-41-44)50-32-19-37-59-60(50)54-31-13-17-36-58(54)68-59)65-63(66-62)53-30-12-16-35-57(53)67-55-33-14-10-28-51(55)52-29-11-15-34-56(52)67/h1-42H. The van der Waals surface area contributed by atoms with Crippen LogP contribution in [0.15, 0.2) is 255 Å². The zero-order valence-corrected chi connectivity index (χ0v) is 39.3. The maximum absolute atomic E-state index is 5.47. The minimum Gasteiger partial charge on any atom is -0.309 e. The van der Waals surface area contributed by atoms with E-state index in [1.165, 1.54) is 57.3 Å². The molecule has 0 N–H and O–H groups in total. The molecule has 69 heavy (non-hydrogen) atoms. The SMILES string of the molecule is c1ccc([Si](c2ccccc2)(c2ccccc2)c2cccc(-c3nc(-c4ccc(-c5cccc6sc7ccccc7c56)cc4)nc(-c4ccccc4-n4c5ccccc5c5ccccc54)n3)c2)cc1. The summed E-state index contributed by atoms with van der Waals surface area (Å²) in [4.78, 5) is 16.3. The van der Waals surface area contributed by atoms with Crippen molar-refractivity contribution in [3.05, 3.63) is 255 Å². The lowest BCUT2D eigenvalue weighted by Crippen LogP contribution is -2.74. The summed E-state index contributed by atoms with van der Waals surface area (Å²) < 4.78 is 4.93. The summed E-state index contributed by atoms with van der Waals surface area (Å²) in [5, 5.41) is 10.1. The van der Waals surface area contributed by atoms with Crippen molar-refractivity contribution in [3.8, 4) is 51.0 Å². The van der Waals surface area contributed by atoms with Gasteiger partial charge in [0.1, 0.15) is 0 Å². The van der Waals surface area contributed by atoms with Crippen LogP contribution in [-0.2, 0) is 0 Å². The molecular weight excluding hydrogens is 873 g/mol. The minimum absolute atomic E-state index is 0.606. The van der Waals surface area contributed by atoms with Crippen molar-refractivity contribution in [3.63, 3.8) is 0 Å². The Balaban J connectivity index is 1.03. The molecule has 0 aliphatic rings. The summed E-state index contributed by atoms with van der Waals surface area (Å²) >= 11 is 1.84. The number of hydrogen-bond donors (Lipinski definition) is 0. The van der Waals surface area contributed by atoms with Crippen LogP contribution in [0.2, 0.25) is 0 Å². The molecule has 6 heteroatoms. The van der Waals surface area contributed by atoms with Gasteiger partial charge in [-0.3, -0.25) is 0 Å². The molecule has 13 rings (SSSR count). The zero-order chi connectivity index (χ0) is 45.7. The molecule has 4 nitrogen and oxygen atoms in total. The number of rotatable bonds is 9. The molecule has 0 bridgehead atoms. The Hall–Kier alpha value is -8.55. The Bertz CT molecular complexity index is 3860. The monoisotopic (exact) mass is 914 g/mol. The number of thiophene rings is 1. The van der Waals surface area contributed by atoms with Crippen molar-refractivity contribution >= 4 is 82.1 Å². The second-order valence-electron chi connectivity index (χ2n) is 17.5. The average Bonchev–Trinajstić information content (AvgIpc) is 3.98. The lowest BCUT2D eigenvalue weighted by molar-refractivity contribution is 1.06. The van der Waals surface area contributed by atoms with Crippen LogP contribution in [0.5, 0.6) is 0 Å². The maximum atomic E-state index is 5.47. The second-order valence-corrected chi connectivity index (χ2v) is 22.4. The lowest BCUT2D eigenvalue weighted by Gasteiger charge is -2.34. The van der Waals surface area contributed by atoms with Crippen LogP contribution in [0, 0.1) is 0 Å². The van der Waals surface area contributed by atoms with E-state index in [-0.39, 0.29) is 0 Å². The van der Waals surface area contributed by atoms with Gasteiger partial charge in [0, 0.05) is 47.6 Å². The van der Waals surface area contributed by atoms with E-state index in [0.717, 1.165) is 39.0 Å². The predicted molar refractivity (Wildman–Crippen MR) is 292 cm³/mol. The Kier molecular flexibility index (Phi) is 10.00. The van der Waals surface area contributed by atoms with Gasteiger partial charge >= 0.3 is 0 Å². The fourth-order valence-electron chi connectivity index (χ4n) is 10.6. The minimum atomic E-state index is -2.86. The first-order valence-electron chi connectivity index (χ1n) is 23.3. The second kappa shape index (κ2) is 17.0. The lowest BCUT2D eigenvalue weighted by atomic mass is 9.98. The van der Waals surface area contributed by atoms with Crippen molar-refractivity contribution in [1.82, 2.24) is 19.5 Å². The quantitative estimate of drug-likeness (QED) is 0.107. The van der Waals surface area contributed by atoms with Gasteiger partial charge in [-0.25, -0.2) is 15.0 Å². The van der Waals surface area contributed by atoms with Gasteiger partial charge in [0.2, 0.25) is 0 Å². The van der Waals surface area contributed by atoms with E-state index in [1.807, 2.05) is 11.3 Å². The van der Waals surface area contributed by atoms with Crippen LogP contribution in [0.1, 0.15) is 0 Å². The molecule has 0 aliphatic carbocycles. The third-order valence-corrected chi connectivity index (χ3v) is 19.5. The van der Waals surface area contributed by atoms with Gasteiger partial charge in [-0.05, 0) is 68.3 Å². The van der Waals surface area contributed by atoms with Gasteiger partial charge in [0.15, 0.2) is 25.5 Å². The Morgan fingerprint density at radius 1 is 0.319 bits per heavy atom. The summed E-state index contributed by atoms with van der Waals surface area (Å²) in [6, 6.07) is 92.0. The van der Waals surface area contributed by atoms with Crippen molar-refractivity contribution < 1.29 is 0 Å². The zero-order valence-electron chi connectivity index (χ0n) is 37.4. The van der Waals surface area contributed by atoms with Crippen molar-refractivity contribution in [2.24, 2.45) is 0 Å². The van der Waals surface area contributed by atoms with Crippen LogP contribution >= 0.6 is 11.3 Å². The molecule has 3 heterocycles. The number of aromatic nitrogens is 4. The highest BCUT2D eigenvalue weighted by atomic mass is 32.1. The Labute approximate surface area is 405 Å². The van der Waals surface area contributed by atoms with E-state index >= 15 is 0 Å². The molecule has 3 aromatic heterocycles. The first-order valence-corrected chi connectivity index (χ1v) is 26.2. The van der Waals surface area contributed by atoms with Crippen molar-refractivity contribution in [2.45, 2.75) is 0 Å².